The molecule has 1 N–H and O–H groups in total. The third-order valence-electron chi connectivity index (χ3n) is 6.36. The Morgan fingerprint density at radius 1 is 1.13 bits per heavy atom. The Hall–Kier alpha value is -2.94. The molecule has 3 aliphatic rings. The molecule has 1 aromatic carbocycles. The number of piperidine rings is 1. The lowest BCUT2D eigenvalue weighted by atomic mass is 9.95. The van der Waals surface area contributed by atoms with Gasteiger partial charge in [0, 0.05) is 25.0 Å². The molecule has 1 saturated carbocycles. The minimum atomic E-state index is -0.149. The monoisotopic (exact) mass is 425 g/mol. The van der Waals surface area contributed by atoms with Crippen molar-refractivity contribution in [2.24, 2.45) is 5.92 Å². The van der Waals surface area contributed by atoms with Gasteiger partial charge in [0.2, 0.25) is 5.91 Å². The quantitative estimate of drug-likeness (QED) is 0.783. The maximum atomic E-state index is 13.1. The van der Waals surface area contributed by atoms with Crippen LogP contribution >= 0.6 is 0 Å². The van der Waals surface area contributed by atoms with Crippen molar-refractivity contribution in [3.8, 4) is 5.75 Å². The molecular formula is C22H27N5O4. The smallest absolute Gasteiger partial charge is 0.276 e. The zero-order chi connectivity index (χ0) is 21.4. The Morgan fingerprint density at radius 2 is 1.87 bits per heavy atom. The molecule has 164 valence electrons. The lowest BCUT2D eigenvalue weighted by Crippen LogP contribution is -2.43. The third-order valence-corrected chi connectivity index (χ3v) is 6.36. The van der Waals surface area contributed by atoms with Gasteiger partial charge in [0.15, 0.2) is 5.69 Å². The van der Waals surface area contributed by atoms with Crippen LogP contribution in [0.25, 0.3) is 0 Å². The predicted octanol–water partition coefficient (Wildman–Crippen LogP) is 1.69. The first-order valence-electron chi connectivity index (χ1n) is 10.9. The molecule has 1 aliphatic carbocycles. The molecule has 1 saturated heterocycles. The Morgan fingerprint density at radius 3 is 2.55 bits per heavy atom. The number of carbonyl (C=O) groups is 2. The summed E-state index contributed by atoms with van der Waals surface area (Å²) in [4.78, 5) is 27.1. The number of rotatable bonds is 5. The molecule has 0 bridgehead atoms. The summed E-state index contributed by atoms with van der Waals surface area (Å²) in [5.41, 5.74) is 2.10. The van der Waals surface area contributed by atoms with Crippen molar-refractivity contribution in [1.29, 1.82) is 0 Å². The molecule has 5 rings (SSSR count). The van der Waals surface area contributed by atoms with Gasteiger partial charge >= 0.3 is 0 Å². The van der Waals surface area contributed by atoms with Crippen LogP contribution in [0.5, 0.6) is 5.75 Å². The molecule has 1 atom stereocenters. The van der Waals surface area contributed by atoms with Gasteiger partial charge in [0.05, 0.1) is 26.0 Å². The Kier molecular flexibility index (Phi) is 5.35. The molecule has 9 nitrogen and oxygen atoms in total. The highest BCUT2D eigenvalue weighted by Crippen LogP contribution is 2.29. The molecule has 1 aromatic heterocycles. The van der Waals surface area contributed by atoms with E-state index in [2.05, 4.69) is 15.6 Å². The van der Waals surface area contributed by atoms with Crippen LogP contribution in [0.3, 0.4) is 0 Å². The molecule has 31 heavy (non-hydrogen) atoms. The molecular weight excluding hydrogens is 398 g/mol. The van der Waals surface area contributed by atoms with Crippen molar-refractivity contribution in [1.82, 2.24) is 25.2 Å². The highest BCUT2D eigenvalue weighted by Gasteiger charge is 2.34. The molecule has 2 aromatic rings. The molecule has 3 heterocycles. The minimum absolute atomic E-state index is 0.00715. The first-order chi connectivity index (χ1) is 15.1. The van der Waals surface area contributed by atoms with Gasteiger partial charge < -0.3 is 19.7 Å². The zero-order valence-electron chi connectivity index (χ0n) is 17.6. The van der Waals surface area contributed by atoms with Crippen molar-refractivity contribution in [2.45, 2.75) is 51.0 Å². The van der Waals surface area contributed by atoms with Crippen LogP contribution in [0.15, 0.2) is 24.3 Å². The van der Waals surface area contributed by atoms with Crippen molar-refractivity contribution in [3.05, 3.63) is 41.2 Å². The van der Waals surface area contributed by atoms with E-state index in [1.54, 1.807) is 16.7 Å². The molecule has 0 unspecified atom stereocenters. The summed E-state index contributed by atoms with van der Waals surface area (Å²) in [6, 6.07) is 8.12. The van der Waals surface area contributed by atoms with Crippen LogP contribution in [0, 0.1) is 5.92 Å². The number of hydrogen-bond donors (Lipinski definition) is 1. The zero-order valence-corrected chi connectivity index (χ0v) is 17.6. The lowest BCUT2D eigenvalue weighted by Gasteiger charge is -2.31. The number of benzene rings is 1. The average molecular weight is 425 g/mol. The number of ether oxygens (including phenoxy) is 2. The van der Waals surface area contributed by atoms with Crippen molar-refractivity contribution in [3.63, 3.8) is 0 Å². The van der Waals surface area contributed by atoms with Crippen LogP contribution in [0.4, 0.5) is 0 Å². The first kappa shape index (κ1) is 20.0. The maximum absolute atomic E-state index is 13.1. The normalized spacial score (nSPS) is 21.5. The van der Waals surface area contributed by atoms with Gasteiger partial charge in [0.25, 0.3) is 5.91 Å². The number of nitrogens with one attached hydrogen (secondary N) is 1. The van der Waals surface area contributed by atoms with Gasteiger partial charge in [-0.15, -0.1) is 5.10 Å². The van der Waals surface area contributed by atoms with E-state index in [1.807, 2.05) is 24.3 Å². The predicted molar refractivity (Wildman–Crippen MR) is 110 cm³/mol. The number of hydrogen-bond acceptors (Lipinski definition) is 6. The fourth-order valence-corrected chi connectivity index (χ4v) is 4.24. The average Bonchev–Trinajstić information content (AvgIpc) is 3.53. The van der Waals surface area contributed by atoms with Crippen LogP contribution < -0.4 is 10.1 Å². The van der Waals surface area contributed by atoms with E-state index in [0.29, 0.717) is 49.9 Å². The lowest BCUT2D eigenvalue weighted by molar-refractivity contribution is -0.126. The van der Waals surface area contributed by atoms with Crippen molar-refractivity contribution < 1.29 is 19.1 Å². The second-order valence-corrected chi connectivity index (χ2v) is 8.49. The number of nitrogens with zero attached hydrogens (tertiary/aromatic N) is 4. The van der Waals surface area contributed by atoms with Crippen molar-refractivity contribution in [2.75, 3.05) is 20.2 Å². The number of amides is 2. The van der Waals surface area contributed by atoms with Crippen LogP contribution in [-0.2, 0) is 22.7 Å². The maximum Gasteiger partial charge on any atom is 0.276 e. The first-order valence-corrected chi connectivity index (χ1v) is 10.9. The standard InChI is InChI=1S/C22H27N5O4/c1-30-17-6-2-14(3-7-17)19-12-27-18(13-31-19)20(24-25-27)22(29)26-10-8-15(9-11-26)21(28)23-16-4-5-16/h2-3,6-7,15-16,19H,4-5,8-13H2,1H3,(H,23,28)/t19-/m1/s1. The topological polar surface area (TPSA) is 98.6 Å². The van der Waals surface area contributed by atoms with E-state index >= 15 is 0 Å². The fraction of sp³-hybridized carbons (Fsp3) is 0.545. The van der Waals surface area contributed by atoms with E-state index in [1.165, 1.54) is 0 Å². The SMILES string of the molecule is COc1ccc([C@H]2Cn3nnc(C(=O)N4CCC(C(=O)NC5CC5)CC4)c3CO2)cc1. The summed E-state index contributed by atoms with van der Waals surface area (Å²) < 4.78 is 13.0. The second kappa shape index (κ2) is 8.30. The van der Waals surface area contributed by atoms with E-state index < -0.39 is 0 Å². The van der Waals surface area contributed by atoms with Gasteiger partial charge in [-0.3, -0.25) is 9.59 Å². The molecule has 0 spiro atoms. The largest absolute Gasteiger partial charge is 0.497 e. The molecule has 9 heteroatoms. The van der Waals surface area contributed by atoms with E-state index in [-0.39, 0.29) is 30.4 Å². The summed E-state index contributed by atoms with van der Waals surface area (Å²) in [5, 5.41) is 11.5. The summed E-state index contributed by atoms with van der Waals surface area (Å²) in [5.74, 6) is 0.789. The number of methoxy groups -OCH3 is 1. The number of likely N-dealkylation sites (tertiary alicyclic amines) is 1. The number of aromatic nitrogens is 3. The highest BCUT2D eigenvalue weighted by molar-refractivity contribution is 5.93. The Labute approximate surface area is 180 Å². The van der Waals surface area contributed by atoms with Crippen LogP contribution in [0.1, 0.15) is 53.5 Å². The third kappa shape index (κ3) is 4.14. The van der Waals surface area contributed by atoms with Gasteiger partial charge in [0.1, 0.15) is 11.9 Å². The van der Waals surface area contributed by atoms with Gasteiger partial charge in [-0.2, -0.15) is 0 Å². The highest BCUT2D eigenvalue weighted by atomic mass is 16.5. The van der Waals surface area contributed by atoms with Gasteiger partial charge in [-0.25, -0.2) is 4.68 Å². The summed E-state index contributed by atoms with van der Waals surface area (Å²) >= 11 is 0. The minimum Gasteiger partial charge on any atom is -0.497 e. The van der Waals surface area contributed by atoms with E-state index in [0.717, 1.165) is 24.2 Å². The Bertz CT molecular complexity index is 961. The fourth-order valence-electron chi connectivity index (χ4n) is 4.24. The summed E-state index contributed by atoms with van der Waals surface area (Å²) in [7, 11) is 1.64. The van der Waals surface area contributed by atoms with E-state index in [4.69, 9.17) is 9.47 Å². The number of fused-ring (bicyclic) bond motifs is 1. The van der Waals surface area contributed by atoms with Crippen LogP contribution in [0.2, 0.25) is 0 Å². The Balaban J connectivity index is 1.21. The molecule has 0 radical (unpaired) electrons. The van der Waals surface area contributed by atoms with E-state index in [9.17, 15) is 9.59 Å². The molecule has 2 fully saturated rings. The summed E-state index contributed by atoms with van der Waals surface area (Å²) in [6.45, 7) is 1.91. The van der Waals surface area contributed by atoms with Crippen molar-refractivity contribution >= 4 is 11.8 Å². The second-order valence-electron chi connectivity index (χ2n) is 8.49. The van der Waals surface area contributed by atoms with Gasteiger partial charge in [-0.1, -0.05) is 17.3 Å². The van der Waals surface area contributed by atoms with Gasteiger partial charge in [-0.05, 0) is 43.4 Å². The van der Waals surface area contributed by atoms with Crippen LogP contribution in [-0.4, -0.2) is 57.9 Å². The molecule has 2 amide bonds. The summed E-state index contributed by atoms with van der Waals surface area (Å²) in [6.07, 6.45) is 3.39. The number of carbonyl (C=O) groups excluding carboxylic acids is 2. The molecule has 2 aliphatic heterocycles.